The third-order valence-electron chi connectivity index (χ3n) is 3.43. The summed E-state index contributed by atoms with van der Waals surface area (Å²) in [6, 6.07) is 11.4. The smallest absolute Gasteiger partial charge is 0.277 e. The maximum Gasteiger partial charge on any atom is 0.277 e. The van der Waals surface area contributed by atoms with E-state index in [0.717, 1.165) is 22.9 Å². The molecule has 0 aliphatic heterocycles. The van der Waals surface area contributed by atoms with Crippen LogP contribution in [0.4, 0.5) is 11.4 Å². The lowest BCUT2D eigenvalue weighted by atomic mass is 10.1. The molecule has 0 bridgehead atoms. The monoisotopic (exact) mass is 404 g/mol. The SMILES string of the molecule is Cc1cccc(-c2nnc(SCC(=O)Nc3cc([N+](=O)[O-])ccc3Cl)o2)c1. The summed E-state index contributed by atoms with van der Waals surface area (Å²) in [7, 11) is 0. The van der Waals surface area contributed by atoms with E-state index in [1.807, 2.05) is 31.2 Å². The van der Waals surface area contributed by atoms with Crippen LogP contribution in [0, 0.1) is 17.0 Å². The number of halogens is 1. The number of nitrogens with one attached hydrogen (secondary N) is 1. The standard InChI is InChI=1S/C17H13ClN4O4S/c1-10-3-2-4-11(7-10)16-20-21-17(26-16)27-9-15(23)19-14-8-12(22(24)25)5-6-13(14)18/h2-8H,9H2,1H3,(H,19,23). The zero-order valence-corrected chi connectivity index (χ0v) is 15.6. The summed E-state index contributed by atoms with van der Waals surface area (Å²) in [5, 5.41) is 21.7. The van der Waals surface area contributed by atoms with Crippen LogP contribution in [0.2, 0.25) is 5.02 Å². The van der Waals surface area contributed by atoms with Crippen LogP contribution in [-0.2, 0) is 4.79 Å². The fraction of sp³-hybridized carbons (Fsp3) is 0.118. The lowest BCUT2D eigenvalue weighted by Gasteiger charge is -2.06. The van der Waals surface area contributed by atoms with Crippen LogP contribution >= 0.6 is 23.4 Å². The van der Waals surface area contributed by atoms with Crippen molar-refractivity contribution < 1.29 is 14.1 Å². The van der Waals surface area contributed by atoms with Gasteiger partial charge in [0.1, 0.15) is 0 Å². The Bertz CT molecular complexity index is 1010. The Morgan fingerprint density at radius 1 is 1.30 bits per heavy atom. The van der Waals surface area contributed by atoms with Gasteiger partial charge in [0.05, 0.1) is 21.4 Å². The summed E-state index contributed by atoms with van der Waals surface area (Å²) >= 11 is 7.02. The number of aromatic nitrogens is 2. The molecule has 0 radical (unpaired) electrons. The van der Waals surface area contributed by atoms with Crippen molar-refractivity contribution in [3.05, 3.63) is 63.2 Å². The van der Waals surface area contributed by atoms with E-state index in [1.165, 1.54) is 18.2 Å². The van der Waals surface area contributed by atoms with E-state index in [9.17, 15) is 14.9 Å². The molecule has 0 atom stereocenters. The van der Waals surface area contributed by atoms with Crippen molar-refractivity contribution in [2.75, 3.05) is 11.1 Å². The van der Waals surface area contributed by atoms with Gasteiger partial charge in [-0.15, -0.1) is 10.2 Å². The van der Waals surface area contributed by atoms with Gasteiger partial charge in [-0.2, -0.15) is 0 Å². The Hall–Kier alpha value is -2.91. The predicted molar refractivity (Wildman–Crippen MR) is 102 cm³/mol. The molecule has 0 saturated heterocycles. The Morgan fingerprint density at radius 3 is 2.85 bits per heavy atom. The summed E-state index contributed by atoms with van der Waals surface area (Å²) < 4.78 is 5.54. The van der Waals surface area contributed by atoms with Gasteiger partial charge in [-0.25, -0.2) is 0 Å². The average molecular weight is 405 g/mol. The van der Waals surface area contributed by atoms with Gasteiger partial charge in [-0.1, -0.05) is 41.1 Å². The number of non-ortho nitro benzene ring substituents is 1. The van der Waals surface area contributed by atoms with E-state index < -0.39 is 10.8 Å². The number of nitrogens with zero attached hydrogens (tertiary/aromatic N) is 3. The van der Waals surface area contributed by atoms with Crippen LogP contribution in [-0.4, -0.2) is 26.8 Å². The second-order valence-corrected chi connectivity index (χ2v) is 6.83. The summed E-state index contributed by atoms with van der Waals surface area (Å²) in [5.41, 5.74) is 1.86. The Labute approximate surface area is 163 Å². The van der Waals surface area contributed by atoms with Crippen LogP contribution in [0.1, 0.15) is 5.56 Å². The third kappa shape index (κ3) is 4.83. The van der Waals surface area contributed by atoms with Gasteiger partial charge in [0.25, 0.3) is 10.9 Å². The topological polar surface area (TPSA) is 111 Å². The number of nitro benzene ring substituents is 1. The fourth-order valence-corrected chi connectivity index (χ4v) is 2.93. The number of thioether (sulfide) groups is 1. The van der Waals surface area contributed by atoms with Crippen LogP contribution in [0.25, 0.3) is 11.5 Å². The van der Waals surface area contributed by atoms with E-state index in [0.29, 0.717) is 5.89 Å². The highest BCUT2D eigenvalue weighted by atomic mass is 35.5. The van der Waals surface area contributed by atoms with Crippen molar-refractivity contribution in [1.82, 2.24) is 10.2 Å². The number of amides is 1. The van der Waals surface area contributed by atoms with E-state index in [-0.39, 0.29) is 27.4 Å². The molecule has 138 valence electrons. The maximum absolute atomic E-state index is 12.1. The van der Waals surface area contributed by atoms with Crippen LogP contribution in [0.3, 0.4) is 0 Å². The molecule has 0 saturated carbocycles. The minimum absolute atomic E-state index is 0.0194. The van der Waals surface area contributed by atoms with Crippen molar-refractivity contribution in [3.8, 4) is 11.5 Å². The molecule has 0 unspecified atom stereocenters. The molecule has 1 heterocycles. The first-order valence-corrected chi connectivity index (χ1v) is 9.06. The molecule has 27 heavy (non-hydrogen) atoms. The lowest BCUT2D eigenvalue weighted by Crippen LogP contribution is -2.14. The van der Waals surface area contributed by atoms with Gasteiger partial charge in [0, 0.05) is 17.7 Å². The number of rotatable bonds is 6. The molecule has 3 aromatic rings. The molecule has 0 spiro atoms. The second-order valence-electron chi connectivity index (χ2n) is 5.50. The van der Waals surface area contributed by atoms with Gasteiger partial charge < -0.3 is 9.73 Å². The molecule has 2 aromatic carbocycles. The summed E-state index contributed by atoms with van der Waals surface area (Å²) in [6.07, 6.45) is 0. The first-order chi connectivity index (χ1) is 12.9. The Kier molecular flexibility index (Phi) is 5.72. The summed E-state index contributed by atoms with van der Waals surface area (Å²) in [4.78, 5) is 22.3. The molecule has 0 aliphatic carbocycles. The number of hydrogen-bond acceptors (Lipinski definition) is 7. The zero-order chi connectivity index (χ0) is 19.4. The molecule has 0 aliphatic rings. The molecule has 8 nitrogen and oxygen atoms in total. The minimum Gasteiger partial charge on any atom is -0.411 e. The van der Waals surface area contributed by atoms with Crippen LogP contribution < -0.4 is 5.32 Å². The molecular weight excluding hydrogens is 392 g/mol. The quantitative estimate of drug-likeness (QED) is 0.369. The van der Waals surface area contributed by atoms with E-state index in [2.05, 4.69) is 15.5 Å². The molecular formula is C17H13ClN4O4S. The molecule has 0 fully saturated rings. The highest BCUT2D eigenvalue weighted by molar-refractivity contribution is 7.99. The first-order valence-electron chi connectivity index (χ1n) is 7.69. The second kappa shape index (κ2) is 8.19. The normalized spacial score (nSPS) is 10.6. The average Bonchev–Trinajstić information content (AvgIpc) is 3.11. The van der Waals surface area contributed by atoms with Gasteiger partial charge in [-0.3, -0.25) is 14.9 Å². The fourth-order valence-electron chi connectivity index (χ4n) is 2.20. The third-order valence-corrected chi connectivity index (χ3v) is 4.58. The Morgan fingerprint density at radius 2 is 2.11 bits per heavy atom. The number of carbonyl (C=O) groups excluding carboxylic acids is 1. The minimum atomic E-state index is -0.563. The number of hydrogen-bond donors (Lipinski definition) is 1. The maximum atomic E-state index is 12.1. The van der Waals surface area contributed by atoms with E-state index in [4.69, 9.17) is 16.0 Å². The number of benzene rings is 2. The van der Waals surface area contributed by atoms with E-state index in [1.54, 1.807) is 0 Å². The predicted octanol–water partition coefficient (Wildman–Crippen LogP) is 4.34. The van der Waals surface area contributed by atoms with Crippen molar-refractivity contribution in [3.63, 3.8) is 0 Å². The van der Waals surface area contributed by atoms with Crippen molar-refractivity contribution in [2.45, 2.75) is 12.1 Å². The number of anilines is 1. The van der Waals surface area contributed by atoms with Crippen LogP contribution in [0.5, 0.6) is 0 Å². The molecule has 1 N–H and O–H groups in total. The van der Waals surface area contributed by atoms with Crippen LogP contribution in [0.15, 0.2) is 52.1 Å². The molecule has 3 rings (SSSR count). The highest BCUT2D eigenvalue weighted by Crippen LogP contribution is 2.28. The largest absolute Gasteiger partial charge is 0.411 e. The first kappa shape index (κ1) is 18.9. The summed E-state index contributed by atoms with van der Waals surface area (Å²) in [6.45, 7) is 1.96. The Balaban J connectivity index is 1.62. The van der Waals surface area contributed by atoms with Gasteiger partial charge >= 0.3 is 0 Å². The van der Waals surface area contributed by atoms with Crippen molar-refractivity contribution in [1.29, 1.82) is 0 Å². The lowest BCUT2D eigenvalue weighted by molar-refractivity contribution is -0.384. The number of aryl methyl sites for hydroxylation is 1. The number of nitro groups is 1. The van der Waals surface area contributed by atoms with Crippen molar-refractivity contribution >= 4 is 40.6 Å². The van der Waals surface area contributed by atoms with Crippen molar-refractivity contribution in [2.24, 2.45) is 0 Å². The van der Waals surface area contributed by atoms with Gasteiger partial charge in [0.2, 0.25) is 11.8 Å². The molecule has 1 amide bonds. The zero-order valence-electron chi connectivity index (χ0n) is 14.0. The van der Waals surface area contributed by atoms with E-state index >= 15 is 0 Å². The highest BCUT2D eigenvalue weighted by Gasteiger charge is 2.14. The summed E-state index contributed by atoms with van der Waals surface area (Å²) in [5.74, 6) is -0.0601. The molecule has 10 heteroatoms. The van der Waals surface area contributed by atoms with Gasteiger partial charge in [0.15, 0.2) is 0 Å². The molecule has 1 aromatic heterocycles. The number of carbonyl (C=O) groups is 1. The van der Waals surface area contributed by atoms with Gasteiger partial charge in [-0.05, 0) is 25.1 Å².